The smallest absolute Gasteiger partial charge is 0.227 e. The van der Waals surface area contributed by atoms with Crippen molar-refractivity contribution in [2.75, 3.05) is 25.5 Å². The van der Waals surface area contributed by atoms with Gasteiger partial charge in [0.2, 0.25) is 5.91 Å². The summed E-state index contributed by atoms with van der Waals surface area (Å²) in [6.07, 6.45) is 2.99. The van der Waals surface area contributed by atoms with Gasteiger partial charge in [-0.25, -0.2) is 4.98 Å². The number of benzene rings is 1. The predicted octanol–water partition coefficient (Wildman–Crippen LogP) is 2.74. The van der Waals surface area contributed by atoms with Crippen LogP contribution in [0.1, 0.15) is 17.5 Å². The van der Waals surface area contributed by atoms with Crippen LogP contribution in [0.5, 0.6) is 0 Å². The van der Waals surface area contributed by atoms with E-state index in [9.17, 15) is 4.79 Å². The fourth-order valence-electron chi connectivity index (χ4n) is 2.23. The molecule has 1 heterocycles. The van der Waals surface area contributed by atoms with Gasteiger partial charge in [0.05, 0.1) is 0 Å². The Labute approximate surface area is 171 Å². The molecule has 0 radical (unpaired) electrons. The summed E-state index contributed by atoms with van der Waals surface area (Å²) in [5.41, 5.74) is 2.33. The largest absolute Gasteiger partial charge is 0.356 e. The lowest BCUT2D eigenvalue weighted by molar-refractivity contribution is -0.116. The van der Waals surface area contributed by atoms with Crippen molar-refractivity contribution in [2.24, 2.45) is 4.99 Å². The summed E-state index contributed by atoms with van der Waals surface area (Å²) in [6, 6.07) is 14.0. The summed E-state index contributed by atoms with van der Waals surface area (Å²) in [6.45, 7) is 3.24. The molecule has 0 atom stereocenters. The van der Waals surface area contributed by atoms with Crippen LogP contribution in [0.4, 0.5) is 5.82 Å². The number of aromatic nitrogens is 1. The number of guanidine groups is 1. The van der Waals surface area contributed by atoms with Gasteiger partial charge in [-0.3, -0.25) is 9.79 Å². The number of aryl methyl sites for hydroxylation is 1. The minimum absolute atomic E-state index is 0. The number of nitrogens with zero attached hydrogens (tertiary/aromatic N) is 2. The van der Waals surface area contributed by atoms with Crippen LogP contribution >= 0.6 is 24.0 Å². The maximum absolute atomic E-state index is 11.9. The van der Waals surface area contributed by atoms with E-state index in [-0.39, 0.29) is 29.9 Å². The van der Waals surface area contributed by atoms with Crippen LogP contribution in [-0.4, -0.2) is 37.0 Å². The molecule has 140 valence electrons. The van der Waals surface area contributed by atoms with Gasteiger partial charge < -0.3 is 16.0 Å². The van der Waals surface area contributed by atoms with Gasteiger partial charge in [0.25, 0.3) is 0 Å². The average Bonchev–Trinajstić information content (AvgIpc) is 2.63. The molecule has 2 aromatic rings. The summed E-state index contributed by atoms with van der Waals surface area (Å²) in [7, 11) is 1.72. The first-order chi connectivity index (χ1) is 12.2. The number of anilines is 1. The Kier molecular flexibility index (Phi) is 10.3. The molecule has 1 amide bonds. The maximum atomic E-state index is 11.9. The topological polar surface area (TPSA) is 78.4 Å². The second-order valence-electron chi connectivity index (χ2n) is 5.68. The number of aliphatic imine (C=N–C) groups is 1. The first-order valence-electron chi connectivity index (χ1n) is 8.38. The van der Waals surface area contributed by atoms with Gasteiger partial charge in [-0.05, 0) is 30.5 Å². The second-order valence-corrected chi connectivity index (χ2v) is 5.68. The number of nitrogens with one attached hydrogen (secondary N) is 3. The third kappa shape index (κ3) is 8.28. The molecule has 0 spiro atoms. The van der Waals surface area contributed by atoms with Crippen molar-refractivity contribution in [3.8, 4) is 0 Å². The quantitative estimate of drug-likeness (QED) is 0.333. The fraction of sp³-hybridized carbons (Fsp3) is 0.316. The Bertz CT molecular complexity index is 689. The molecule has 0 saturated heterocycles. The van der Waals surface area contributed by atoms with E-state index in [1.807, 2.05) is 31.2 Å². The first kappa shape index (κ1) is 21.9. The van der Waals surface area contributed by atoms with Crippen LogP contribution in [0.25, 0.3) is 0 Å². The highest BCUT2D eigenvalue weighted by Gasteiger charge is 2.04. The molecule has 3 N–H and O–H groups in total. The minimum Gasteiger partial charge on any atom is -0.356 e. The molecule has 1 aromatic heterocycles. The van der Waals surface area contributed by atoms with E-state index in [0.29, 0.717) is 24.7 Å². The van der Waals surface area contributed by atoms with E-state index in [2.05, 4.69) is 38.1 Å². The van der Waals surface area contributed by atoms with Crippen molar-refractivity contribution in [2.45, 2.75) is 19.8 Å². The lowest BCUT2D eigenvalue weighted by Gasteiger charge is -2.12. The lowest BCUT2D eigenvalue weighted by atomic mass is 10.1. The zero-order valence-electron chi connectivity index (χ0n) is 15.2. The molecular weight excluding hydrogens is 441 g/mol. The van der Waals surface area contributed by atoms with Gasteiger partial charge >= 0.3 is 0 Å². The molecule has 7 heteroatoms. The minimum atomic E-state index is -0.0800. The summed E-state index contributed by atoms with van der Waals surface area (Å²) < 4.78 is 0. The number of halogens is 1. The molecular formula is C19H26IN5O. The maximum Gasteiger partial charge on any atom is 0.227 e. The molecule has 6 nitrogen and oxygen atoms in total. The molecule has 0 saturated carbocycles. The summed E-state index contributed by atoms with van der Waals surface area (Å²) >= 11 is 0. The molecule has 2 rings (SSSR count). The van der Waals surface area contributed by atoms with Crippen LogP contribution in [0.15, 0.2) is 53.7 Å². The first-order valence-corrected chi connectivity index (χ1v) is 8.38. The highest BCUT2D eigenvalue weighted by Crippen LogP contribution is 2.04. The monoisotopic (exact) mass is 467 g/mol. The highest BCUT2D eigenvalue weighted by atomic mass is 127. The van der Waals surface area contributed by atoms with E-state index in [1.54, 1.807) is 19.3 Å². The average molecular weight is 467 g/mol. The summed E-state index contributed by atoms with van der Waals surface area (Å²) in [5, 5.41) is 9.16. The van der Waals surface area contributed by atoms with E-state index in [0.717, 1.165) is 18.5 Å². The number of amides is 1. The number of hydrogen-bond donors (Lipinski definition) is 3. The molecule has 0 aliphatic heterocycles. The molecule has 0 aliphatic rings. The molecule has 26 heavy (non-hydrogen) atoms. The van der Waals surface area contributed by atoms with Crippen molar-refractivity contribution < 1.29 is 4.79 Å². The Hall–Kier alpha value is -2.16. The van der Waals surface area contributed by atoms with E-state index in [4.69, 9.17) is 0 Å². The van der Waals surface area contributed by atoms with E-state index >= 15 is 0 Å². The van der Waals surface area contributed by atoms with Crippen LogP contribution in [0, 0.1) is 6.92 Å². The Morgan fingerprint density at radius 3 is 2.46 bits per heavy atom. The molecule has 1 aromatic carbocycles. The zero-order valence-corrected chi connectivity index (χ0v) is 17.5. The standard InChI is InChI=1S/C19H25N5O.HI/c1-15-8-9-17(23-14-15)24-18(25)11-13-22-19(20-2)21-12-10-16-6-4-3-5-7-16;/h3-9,14H,10-13H2,1-2H3,(H2,20,21,22)(H,23,24,25);1H. The number of carbonyl (C=O) groups is 1. The van der Waals surface area contributed by atoms with Crippen molar-refractivity contribution in [1.29, 1.82) is 0 Å². The lowest BCUT2D eigenvalue weighted by Crippen LogP contribution is -2.39. The zero-order chi connectivity index (χ0) is 17.9. The van der Waals surface area contributed by atoms with Crippen molar-refractivity contribution in [3.05, 3.63) is 59.8 Å². The molecule has 0 bridgehead atoms. The normalized spacial score (nSPS) is 10.6. The third-order valence-electron chi connectivity index (χ3n) is 3.60. The number of carbonyl (C=O) groups excluding carboxylic acids is 1. The number of rotatable bonds is 7. The molecule has 0 fully saturated rings. The predicted molar refractivity (Wildman–Crippen MR) is 117 cm³/mol. The van der Waals surface area contributed by atoms with Crippen molar-refractivity contribution >= 4 is 41.7 Å². The van der Waals surface area contributed by atoms with Gasteiger partial charge in [-0.15, -0.1) is 24.0 Å². The Balaban J connectivity index is 0.00000338. The Morgan fingerprint density at radius 1 is 1.08 bits per heavy atom. The van der Waals surface area contributed by atoms with Gasteiger partial charge in [-0.2, -0.15) is 0 Å². The van der Waals surface area contributed by atoms with Crippen molar-refractivity contribution in [1.82, 2.24) is 15.6 Å². The molecule has 0 aliphatic carbocycles. The number of pyridine rings is 1. The van der Waals surface area contributed by atoms with E-state index < -0.39 is 0 Å². The third-order valence-corrected chi connectivity index (χ3v) is 3.60. The van der Waals surface area contributed by atoms with Crippen molar-refractivity contribution in [3.63, 3.8) is 0 Å². The van der Waals surface area contributed by atoms with Crippen LogP contribution in [-0.2, 0) is 11.2 Å². The van der Waals surface area contributed by atoms with Gasteiger partial charge in [0.1, 0.15) is 5.82 Å². The van der Waals surface area contributed by atoms with Gasteiger partial charge in [0.15, 0.2) is 5.96 Å². The van der Waals surface area contributed by atoms with Gasteiger partial charge in [-0.1, -0.05) is 36.4 Å². The van der Waals surface area contributed by atoms with Crippen LogP contribution in [0.2, 0.25) is 0 Å². The SMILES string of the molecule is CN=C(NCCC(=O)Nc1ccc(C)cn1)NCCc1ccccc1.I. The fourth-order valence-corrected chi connectivity index (χ4v) is 2.23. The van der Waals surface area contributed by atoms with E-state index in [1.165, 1.54) is 5.56 Å². The summed E-state index contributed by atoms with van der Waals surface area (Å²) in [5.74, 6) is 1.18. The van der Waals surface area contributed by atoms with Crippen LogP contribution < -0.4 is 16.0 Å². The molecule has 0 unspecified atom stereocenters. The van der Waals surface area contributed by atoms with Crippen LogP contribution in [0.3, 0.4) is 0 Å². The summed E-state index contributed by atoms with van der Waals surface area (Å²) in [4.78, 5) is 20.2. The Morgan fingerprint density at radius 2 is 1.81 bits per heavy atom. The highest BCUT2D eigenvalue weighted by molar-refractivity contribution is 14.0. The van der Waals surface area contributed by atoms with Gasteiger partial charge in [0, 0.05) is 32.8 Å². The second kappa shape index (κ2) is 12.2. The number of hydrogen-bond acceptors (Lipinski definition) is 3.